The van der Waals surface area contributed by atoms with Gasteiger partial charge >= 0.3 is 0 Å². The lowest BCUT2D eigenvalue weighted by atomic mass is 10.1. The summed E-state index contributed by atoms with van der Waals surface area (Å²) in [4.78, 5) is 31.6. The Bertz CT molecular complexity index is 1040. The van der Waals surface area contributed by atoms with Crippen molar-refractivity contribution in [1.29, 1.82) is 0 Å². The molecule has 0 spiro atoms. The Morgan fingerprint density at radius 2 is 2.04 bits per heavy atom. The summed E-state index contributed by atoms with van der Waals surface area (Å²) < 4.78 is 6.12. The van der Waals surface area contributed by atoms with Crippen LogP contribution in [0.5, 0.6) is 0 Å². The van der Waals surface area contributed by atoms with Crippen LogP contribution in [-0.4, -0.2) is 15.9 Å². The van der Waals surface area contributed by atoms with Crippen LogP contribution in [0.2, 0.25) is 0 Å². The number of rotatable bonds is 4. The van der Waals surface area contributed by atoms with Gasteiger partial charge in [-0.3, -0.25) is 9.59 Å². The molecule has 0 fully saturated rings. The minimum absolute atomic E-state index is 0.199. The third kappa shape index (κ3) is 3.62. The predicted molar refractivity (Wildman–Crippen MR) is 104 cm³/mol. The summed E-state index contributed by atoms with van der Waals surface area (Å²) in [7, 11) is 0. The van der Waals surface area contributed by atoms with E-state index in [0.29, 0.717) is 45.2 Å². The molecule has 26 heavy (non-hydrogen) atoms. The maximum Gasteiger partial charge on any atom is 0.260 e. The van der Waals surface area contributed by atoms with Gasteiger partial charge in [0.25, 0.3) is 11.5 Å². The first kappa shape index (κ1) is 18.1. The number of nitrogens with one attached hydrogen (secondary N) is 2. The monoisotopic (exact) mass is 415 g/mol. The molecule has 1 aromatic carbocycles. The topological polar surface area (TPSA) is 88.0 Å². The van der Waals surface area contributed by atoms with E-state index in [2.05, 4.69) is 31.2 Å². The fraction of sp³-hybridized carbons (Fsp3) is 0.211. The fourth-order valence-corrected chi connectivity index (χ4v) is 3.22. The number of halogens is 1. The van der Waals surface area contributed by atoms with Crippen molar-refractivity contribution in [2.45, 2.75) is 27.2 Å². The third-order valence-electron chi connectivity index (χ3n) is 3.96. The number of aromatic amines is 1. The van der Waals surface area contributed by atoms with Crippen molar-refractivity contribution in [2.24, 2.45) is 0 Å². The highest BCUT2D eigenvalue weighted by Gasteiger charge is 2.20. The number of hydrogen-bond donors (Lipinski definition) is 2. The van der Waals surface area contributed by atoms with Crippen LogP contribution in [-0.2, 0) is 6.42 Å². The zero-order valence-corrected chi connectivity index (χ0v) is 16.2. The van der Waals surface area contributed by atoms with Crippen LogP contribution in [0, 0.1) is 13.8 Å². The van der Waals surface area contributed by atoms with Crippen molar-refractivity contribution in [2.75, 3.05) is 5.32 Å². The van der Waals surface area contributed by atoms with Crippen molar-refractivity contribution < 1.29 is 9.21 Å². The number of amides is 1. The second-order valence-electron chi connectivity index (χ2n) is 5.88. The van der Waals surface area contributed by atoms with Crippen molar-refractivity contribution in [1.82, 2.24) is 9.97 Å². The molecular formula is C19H18BrN3O3. The third-order valence-corrected chi connectivity index (χ3v) is 4.92. The van der Waals surface area contributed by atoms with Gasteiger partial charge in [-0.05, 0) is 48.3 Å². The van der Waals surface area contributed by atoms with Crippen LogP contribution in [0.3, 0.4) is 0 Å². The maximum atomic E-state index is 12.6. The second-order valence-corrected chi connectivity index (χ2v) is 6.67. The van der Waals surface area contributed by atoms with Crippen molar-refractivity contribution in [3.8, 4) is 11.4 Å². The number of hydrogen-bond acceptors (Lipinski definition) is 4. The smallest absolute Gasteiger partial charge is 0.260 e. The van der Waals surface area contributed by atoms with Gasteiger partial charge in [-0.25, -0.2) is 4.98 Å². The molecule has 2 aromatic heterocycles. The summed E-state index contributed by atoms with van der Waals surface area (Å²) in [5.41, 5.74) is 2.30. The molecule has 0 saturated heterocycles. The molecule has 3 rings (SSSR count). The molecule has 3 aromatic rings. The average Bonchev–Trinajstić information content (AvgIpc) is 2.86. The van der Waals surface area contributed by atoms with Crippen LogP contribution in [0.15, 0.2) is 44.0 Å². The van der Waals surface area contributed by atoms with Gasteiger partial charge < -0.3 is 14.7 Å². The predicted octanol–water partition coefficient (Wildman–Crippen LogP) is 4.22. The Hall–Kier alpha value is -2.67. The Kier molecular flexibility index (Phi) is 5.08. The van der Waals surface area contributed by atoms with Gasteiger partial charge in [0.1, 0.15) is 17.3 Å². The normalized spacial score (nSPS) is 10.8. The molecule has 134 valence electrons. The summed E-state index contributed by atoms with van der Waals surface area (Å²) in [5.74, 6) is 1.40. The van der Waals surface area contributed by atoms with Crippen molar-refractivity contribution in [3.63, 3.8) is 0 Å². The lowest BCUT2D eigenvalue weighted by Gasteiger charge is -2.08. The summed E-state index contributed by atoms with van der Waals surface area (Å²) >= 11 is 3.39. The molecule has 1 amide bonds. The first-order valence-corrected chi connectivity index (χ1v) is 8.96. The van der Waals surface area contributed by atoms with Gasteiger partial charge in [-0.1, -0.05) is 19.1 Å². The van der Waals surface area contributed by atoms with E-state index in [9.17, 15) is 9.59 Å². The summed E-state index contributed by atoms with van der Waals surface area (Å²) in [6.07, 6.45) is 0.667. The van der Waals surface area contributed by atoms with Crippen molar-refractivity contribution in [3.05, 3.63) is 67.9 Å². The van der Waals surface area contributed by atoms with E-state index < -0.39 is 0 Å². The largest absolute Gasteiger partial charge is 0.465 e. The highest BCUT2D eigenvalue weighted by Crippen LogP contribution is 2.28. The van der Waals surface area contributed by atoms with Crippen LogP contribution in [0.1, 0.15) is 34.5 Å². The lowest BCUT2D eigenvalue weighted by Crippen LogP contribution is -2.13. The number of aryl methyl sites for hydroxylation is 3. The zero-order chi connectivity index (χ0) is 18.8. The molecule has 7 heteroatoms. The maximum absolute atomic E-state index is 12.6. The second kappa shape index (κ2) is 7.29. The van der Waals surface area contributed by atoms with Crippen LogP contribution in [0.4, 0.5) is 5.69 Å². The van der Waals surface area contributed by atoms with E-state index in [1.54, 1.807) is 32.0 Å². The van der Waals surface area contributed by atoms with Gasteiger partial charge in [-0.2, -0.15) is 0 Å². The summed E-state index contributed by atoms with van der Waals surface area (Å²) in [5, 5.41) is 2.86. The van der Waals surface area contributed by atoms with E-state index in [-0.39, 0.29) is 11.5 Å². The Balaban J connectivity index is 1.92. The molecule has 0 saturated carbocycles. The van der Waals surface area contributed by atoms with E-state index in [1.807, 2.05) is 13.0 Å². The molecule has 0 aliphatic rings. The molecule has 0 aliphatic carbocycles. The van der Waals surface area contributed by atoms with Crippen LogP contribution >= 0.6 is 15.9 Å². The Labute approximate surface area is 158 Å². The first-order valence-electron chi connectivity index (χ1n) is 8.16. The Morgan fingerprint density at radius 3 is 2.69 bits per heavy atom. The summed E-state index contributed by atoms with van der Waals surface area (Å²) in [6.45, 7) is 5.47. The number of carbonyl (C=O) groups is 1. The number of nitrogens with zero attached hydrogens (tertiary/aromatic N) is 1. The molecule has 0 unspecified atom stereocenters. The fourth-order valence-electron chi connectivity index (χ4n) is 2.68. The van der Waals surface area contributed by atoms with Crippen LogP contribution in [0.25, 0.3) is 11.4 Å². The van der Waals surface area contributed by atoms with Gasteiger partial charge in [0.2, 0.25) is 0 Å². The first-order chi connectivity index (χ1) is 12.4. The van der Waals surface area contributed by atoms with Gasteiger partial charge in [-0.15, -0.1) is 0 Å². The molecule has 0 radical (unpaired) electrons. The minimum Gasteiger partial charge on any atom is -0.465 e. The number of aromatic nitrogens is 2. The van der Waals surface area contributed by atoms with Gasteiger partial charge in [0.15, 0.2) is 0 Å². The molecule has 2 N–H and O–H groups in total. The lowest BCUT2D eigenvalue weighted by molar-refractivity contribution is 0.102. The number of anilines is 1. The Morgan fingerprint density at radius 1 is 1.27 bits per heavy atom. The van der Waals surface area contributed by atoms with Crippen molar-refractivity contribution >= 4 is 27.5 Å². The quantitative estimate of drug-likeness (QED) is 0.667. The number of carbonyl (C=O) groups excluding carboxylic acids is 1. The number of benzene rings is 1. The molecule has 0 atom stereocenters. The molecular weight excluding hydrogens is 398 g/mol. The summed E-state index contributed by atoms with van der Waals surface area (Å²) in [6, 6.07) is 8.66. The average molecular weight is 416 g/mol. The highest BCUT2D eigenvalue weighted by molar-refractivity contribution is 9.10. The van der Waals surface area contributed by atoms with Gasteiger partial charge in [0, 0.05) is 23.0 Å². The molecule has 6 nitrogen and oxygen atoms in total. The van der Waals surface area contributed by atoms with E-state index in [0.717, 1.165) is 5.56 Å². The van der Waals surface area contributed by atoms with Crippen LogP contribution < -0.4 is 10.9 Å². The minimum atomic E-state index is -0.271. The molecule has 2 heterocycles. The highest BCUT2D eigenvalue weighted by atomic mass is 79.9. The van der Waals surface area contributed by atoms with E-state index in [1.165, 1.54) is 6.07 Å². The van der Waals surface area contributed by atoms with E-state index in [4.69, 9.17) is 4.42 Å². The molecule has 0 aliphatic heterocycles. The standard InChI is InChI=1S/C19H18BrN3O3/c1-4-13-9-15(24)23-18(21-13)12-6-5-7-14(8-12)22-19(25)16-10(2)26-11(3)17(16)20/h5-9H,4H2,1-3H3,(H,22,25)(H,21,23,24). The van der Waals surface area contributed by atoms with Gasteiger partial charge in [0.05, 0.1) is 10.0 Å². The zero-order valence-electron chi connectivity index (χ0n) is 14.6. The van der Waals surface area contributed by atoms with E-state index >= 15 is 0 Å². The number of furan rings is 1. The SMILES string of the molecule is CCc1cc(=O)[nH]c(-c2cccc(NC(=O)c3c(C)oc(C)c3Br)c2)n1. The number of H-pyrrole nitrogens is 1. The molecule has 0 bridgehead atoms.